The van der Waals surface area contributed by atoms with Crippen molar-refractivity contribution in [2.75, 3.05) is 5.73 Å². The summed E-state index contributed by atoms with van der Waals surface area (Å²) < 4.78 is 0. The summed E-state index contributed by atoms with van der Waals surface area (Å²) in [5, 5.41) is 0.762. The number of fused-ring (bicyclic) bond motifs is 1. The lowest BCUT2D eigenvalue weighted by molar-refractivity contribution is 0.912. The molecule has 0 atom stereocenters. The van der Waals surface area contributed by atoms with Crippen molar-refractivity contribution in [3.8, 4) is 11.1 Å². The fraction of sp³-hybridized carbons (Fsp3) is 0.200. The van der Waals surface area contributed by atoms with Gasteiger partial charge < -0.3 is 5.73 Å². The van der Waals surface area contributed by atoms with E-state index in [9.17, 15) is 0 Å². The molecule has 0 amide bonds. The molecule has 0 aromatic heterocycles. The van der Waals surface area contributed by atoms with E-state index in [-0.39, 0.29) is 0 Å². The Hall–Kier alpha value is -1.47. The molecule has 0 radical (unpaired) electrons. The van der Waals surface area contributed by atoms with Gasteiger partial charge in [-0.15, -0.1) is 0 Å². The van der Waals surface area contributed by atoms with Crippen molar-refractivity contribution in [1.82, 2.24) is 0 Å². The zero-order valence-corrected chi connectivity index (χ0v) is 10.3. The SMILES string of the molecule is Nc1ccc2c(c1-c1cccc(Cl)c1)CCC2. The Labute approximate surface area is 106 Å². The van der Waals surface area contributed by atoms with Crippen molar-refractivity contribution in [2.45, 2.75) is 19.3 Å². The average Bonchev–Trinajstić information content (AvgIpc) is 2.76. The van der Waals surface area contributed by atoms with Crippen LogP contribution in [0.5, 0.6) is 0 Å². The number of rotatable bonds is 1. The van der Waals surface area contributed by atoms with Gasteiger partial charge in [0.15, 0.2) is 0 Å². The van der Waals surface area contributed by atoms with Crippen LogP contribution in [0.25, 0.3) is 11.1 Å². The smallest absolute Gasteiger partial charge is 0.0412 e. The Kier molecular flexibility index (Phi) is 2.56. The summed E-state index contributed by atoms with van der Waals surface area (Å²) in [6.07, 6.45) is 3.53. The van der Waals surface area contributed by atoms with E-state index in [1.807, 2.05) is 24.3 Å². The van der Waals surface area contributed by atoms with Gasteiger partial charge in [0.1, 0.15) is 0 Å². The van der Waals surface area contributed by atoms with Gasteiger partial charge in [-0.25, -0.2) is 0 Å². The molecule has 1 nitrogen and oxygen atoms in total. The summed E-state index contributed by atoms with van der Waals surface area (Å²) in [4.78, 5) is 0. The van der Waals surface area contributed by atoms with Crippen molar-refractivity contribution in [2.24, 2.45) is 0 Å². The summed E-state index contributed by atoms with van der Waals surface area (Å²) in [5.41, 5.74) is 12.2. The summed E-state index contributed by atoms with van der Waals surface area (Å²) in [6, 6.07) is 12.1. The molecule has 0 aliphatic heterocycles. The van der Waals surface area contributed by atoms with Crippen LogP contribution in [0.3, 0.4) is 0 Å². The van der Waals surface area contributed by atoms with E-state index in [0.29, 0.717) is 0 Å². The molecule has 0 saturated carbocycles. The maximum atomic E-state index is 6.13. The number of nitrogens with two attached hydrogens (primary N) is 1. The first-order chi connectivity index (χ1) is 8.25. The summed E-state index contributed by atoms with van der Waals surface area (Å²) in [5.74, 6) is 0. The van der Waals surface area contributed by atoms with Crippen LogP contribution >= 0.6 is 11.6 Å². The predicted molar refractivity (Wildman–Crippen MR) is 73.3 cm³/mol. The fourth-order valence-electron chi connectivity index (χ4n) is 2.67. The summed E-state index contributed by atoms with van der Waals surface area (Å²) >= 11 is 6.06. The monoisotopic (exact) mass is 243 g/mol. The van der Waals surface area contributed by atoms with Gasteiger partial charge in [-0.1, -0.05) is 29.8 Å². The topological polar surface area (TPSA) is 26.0 Å². The van der Waals surface area contributed by atoms with Crippen molar-refractivity contribution < 1.29 is 0 Å². The van der Waals surface area contributed by atoms with Crippen molar-refractivity contribution >= 4 is 17.3 Å². The molecule has 86 valence electrons. The molecular formula is C15H14ClN. The molecule has 0 bridgehead atoms. The van der Waals surface area contributed by atoms with Crippen LogP contribution in [-0.4, -0.2) is 0 Å². The van der Waals surface area contributed by atoms with E-state index in [1.165, 1.54) is 29.5 Å². The van der Waals surface area contributed by atoms with E-state index < -0.39 is 0 Å². The number of anilines is 1. The van der Waals surface area contributed by atoms with Gasteiger partial charge in [-0.05, 0) is 54.2 Å². The van der Waals surface area contributed by atoms with Crippen molar-refractivity contribution in [3.63, 3.8) is 0 Å². The molecule has 2 aromatic carbocycles. The molecular weight excluding hydrogens is 230 g/mol. The third-order valence-corrected chi connectivity index (χ3v) is 3.66. The third-order valence-electron chi connectivity index (χ3n) is 3.43. The van der Waals surface area contributed by atoms with Crippen LogP contribution in [-0.2, 0) is 12.8 Å². The van der Waals surface area contributed by atoms with Gasteiger partial charge in [0.05, 0.1) is 0 Å². The minimum absolute atomic E-state index is 0.762. The number of hydrogen-bond acceptors (Lipinski definition) is 1. The van der Waals surface area contributed by atoms with Gasteiger partial charge in [0, 0.05) is 16.3 Å². The minimum atomic E-state index is 0.762. The maximum absolute atomic E-state index is 6.13. The maximum Gasteiger partial charge on any atom is 0.0412 e. The Morgan fingerprint density at radius 3 is 2.76 bits per heavy atom. The largest absolute Gasteiger partial charge is 0.398 e. The fourth-order valence-corrected chi connectivity index (χ4v) is 2.86. The lowest BCUT2D eigenvalue weighted by atomic mass is 9.95. The second-order valence-electron chi connectivity index (χ2n) is 4.53. The van der Waals surface area contributed by atoms with Gasteiger partial charge >= 0.3 is 0 Å². The van der Waals surface area contributed by atoms with Gasteiger partial charge in [0.25, 0.3) is 0 Å². The van der Waals surface area contributed by atoms with Crippen LogP contribution < -0.4 is 5.73 Å². The number of halogens is 1. The highest BCUT2D eigenvalue weighted by molar-refractivity contribution is 6.30. The number of aryl methyl sites for hydroxylation is 1. The third kappa shape index (κ3) is 1.81. The molecule has 0 fully saturated rings. The van der Waals surface area contributed by atoms with E-state index in [1.54, 1.807) is 0 Å². The highest BCUT2D eigenvalue weighted by Gasteiger charge is 2.17. The van der Waals surface area contributed by atoms with Crippen LogP contribution in [0, 0.1) is 0 Å². The Morgan fingerprint density at radius 2 is 1.94 bits per heavy atom. The van der Waals surface area contributed by atoms with E-state index >= 15 is 0 Å². The Bertz CT molecular complexity index is 575. The molecule has 17 heavy (non-hydrogen) atoms. The van der Waals surface area contributed by atoms with Crippen molar-refractivity contribution in [3.05, 3.63) is 52.5 Å². The zero-order chi connectivity index (χ0) is 11.8. The summed E-state index contributed by atoms with van der Waals surface area (Å²) in [7, 11) is 0. The van der Waals surface area contributed by atoms with Crippen LogP contribution in [0.2, 0.25) is 5.02 Å². The van der Waals surface area contributed by atoms with Crippen LogP contribution in [0.15, 0.2) is 36.4 Å². The average molecular weight is 244 g/mol. The highest BCUT2D eigenvalue weighted by Crippen LogP contribution is 2.37. The van der Waals surface area contributed by atoms with Gasteiger partial charge in [-0.2, -0.15) is 0 Å². The first-order valence-electron chi connectivity index (χ1n) is 5.92. The Balaban J connectivity index is 2.24. The zero-order valence-electron chi connectivity index (χ0n) is 9.54. The molecule has 0 spiro atoms. The van der Waals surface area contributed by atoms with Crippen LogP contribution in [0.1, 0.15) is 17.5 Å². The van der Waals surface area contributed by atoms with E-state index in [2.05, 4.69) is 12.1 Å². The van der Waals surface area contributed by atoms with Gasteiger partial charge in [-0.3, -0.25) is 0 Å². The molecule has 2 heteroatoms. The quantitative estimate of drug-likeness (QED) is 0.751. The molecule has 1 aliphatic carbocycles. The minimum Gasteiger partial charge on any atom is -0.398 e. The predicted octanol–water partition coefficient (Wildman–Crippen LogP) is 4.08. The van der Waals surface area contributed by atoms with E-state index in [4.69, 9.17) is 17.3 Å². The molecule has 0 unspecified atom stereocenters. The standard InChI is InChI=1S/C15H14ClN/c16-12-5-1-4-11(9-12)15-13-6-2-3-10(13)7-8-14(15)17/h1,4-5,7-9H,2-3,6,17H2. The number of benzene rings is 2. The van der Waals surface area contributed by atoms with E-state index in [0.717, 1.165) is 22.7 Å². The molecule has 3 rings (SSSR count). The second kappa shape index (κ2) is 4.08. The lowest BCUT2D eigenvalue weighted by Gasteiger charge is -2.12. The molecule has 2 N–H and O–H groups in total. The number of hydrogen-bond donors (Lipinski definition) is 1. The first-order valence-corrected chi connectivity index (χ1v) is 6.29. The second-order valence-corrected chi connectivity index (χ2v) is 4.97. The first kappa shape index (κ1) is 10.7. The lowest BCUT2D eigenvalue weighted by Crippen LogP contribution is -1.96. The normalized spacial score (nSPS) is 13.7. The van der Waals surface area contributed by atoms with Crippen molar-refractivity contribution in [1.29, 1.82) is 0 Å². The Morgan fingerprint density at radius 1 is 1.06 bits per heavy atom. The summed E-state index contributed by atoms with van der Waals surface area (Å²) in [6.45, 7) is 0. The molecule has 1 aliphatic rings. The highest BCUT2D eigenvalue weighted by atomic mass is 35.5. The molecule has 0 heterocycles. The number of nitrogen functional groups attached to an aromatic ring is 1. The molecule has 0 saturated heterocycles. The van der Waals surface area contributed by atoms with Crippen LogP contribution in [0.4, 0.5) is 5.69 Å². The van der Waals surface area contributed by atoms with Gasteiger partial charge in [0.2, 0.25) is 0 Å². The molecule has 2 aromatic rings.